The van der Waals surface area contributed by atoms with Gasteiger partial charge in [-0.1, -0.05) is 19.9 Å². The molecule has 5 heteroatoms. The molecule has 0 radical (unpaired) electrons. The summed E-state index contributed by atoms with van der Waals surface area (Å²) >= 11 is 0. The summed E-state index contributed by atoms with van der Waals surface area (Å²) in [6.07, 6.45) is 1.35. The minimum Gasteiger partial charge on any atom is -0.463 e. The van der Waals surface area contributed by atoms with Crippen LogP contribution in [0.15, 0.2) is 12.2 Å². The van der Waals surface area contributed by atoms with Gasteiger partial charge in [0.25, 0.3) is 0 Å². The minimum atomic E-state index is -0.543. The quantitative estimate of drug-likeness (QED) is 0.409. The molecule has 0 rings (SSSR count). The van der Waals surface area contributed by atoms with Crippen LogP contribution in [0.25, 0.3) is 0 Å². The van der Waals surface area contributed by atoms with Gasteiger partial charge in [-0.25, -0.2) is 9.59 Å². The third-order valence-corrected chi connectivity index (χ3v) is 1.74. The van der Waals surface area contributed by atoms with E-state index in [2.05, 4.69) is 16.6 Å². The van der Waals surface area contributed by atoms with Crippen molar-refractivity contribution in [2.24, 2.45) is 0 Å². The summed E-state index contributed by atoms with van der Waals surface area (Å²) in [4.78, 5) is 22.2. The topological polar surface area (TPSA) is 64.6 Å². The monoisotopic (exact) mass is 229 g/mol. The summed E-state index contributed by atoms with van der Waals surface area (Å²) in [5.41, 5.74) is 0.132. The summed E-state index contributed by atoms with van der Waals surface area (Å²) < 4.78 is 9.45. The molecule has 0 saturated carbocycles. The molecule has 0 aromatic carbocycles. The second-order valence-electron chi connectivity index (χ2n) is 3.18. The first-order valence-corrected chi connectivity index (χ1v) is 5.37. The number of ether oxygens (including phenoxy) is 2. The number of hydrogen-bond acceptors (Lipinski definition) is 4. The largest absolute Gasteiger partial charge is 0.463 e. The van der Waals surface area contributed by atoms with Crippen molar-refractivity contribution in [1.82, 2.24) is 5.32 Å². The highest BCUT2D eigenvalue weighted by molar-refractivity contribution is 5.88. The van der Waals surface area contributed by atoms with E-state index in [4.69, 9.17) is 4.74 Å². The Labute approximate surface area is 95.8 Å². The van der Waals surface area contributed by atoms with Gasteiger partial charge >= 0.3 is 12.1 Å². The Balaban J connectivity index is 3.66. The molecule has 92 valence electrons. The lowest BCUT2D eigenvalue weighted by Gasteiger charge is -2.07. The van der Waals surface area contributed by atoms with E-state index in [1.165, 1.54) is 0 Å². The number of amides is 1. The van der Waals surface area contributed by atoms with E-state index in [9.17, 15) is 9.59 Å². The van der Waals surface area contributed by atoms with Crippen LogP contribution in [-0.2, 0) is 14.3 Å². The predicted octanol–water partition coefficient (Wildman–Crippen LogP) is 1.63. The van der Waals surface area contributed by atoms with Crippen LogP contribution >= 0.6 is 0 Å². The summed E-state index contributed by atoms with van der Waals surface area (Å²) in [7, 11) is 0. The molecular formula is C11H19NO4. The standard InChI is InChI=1S/C11H19NO4/c1-4-6-7-12-11(14)16-8-9(3)10(13)15-5-2/h3-8H2,1-2H3,(H,12,14). The first-order chi connectivity index (χ1) is 7.61. The van der Waals surface area contributed by atoms with Crippen molar-refractivity contribution in [2.75, 3.05) is 19.8 Å². The molecule has 0 aromatic rings. The van der Waals surface area contributed by atoms with Gasteiger partial charge in [-0.3, -0.25) is 0 Å². The smallest absolute Gasteiger partial charge is 0.407 e. The van der Waals surface area contributed by atoms with Gasteiger partial charge in [-0.2, -0.15) is 0 Å². The third kappa shape index (κ3) is 6.86. The van der Waals surface area contributed by atoms with Crippen molar-refractivity contribution in [2.45, 2.75) is 26.7 Å². The first-order valence-electron chi connectivity index (χ1n) is 5.37. The molecule has 0 fully saturated rings. The molecule has 0 spiro atoms. The van der Waals surface area contributed by atoms with Crippen LogP contribution in [0.3, 0.4) is 0 Å². The number of esters is 1. The molecule has 16 heavy (non-hydrogen) atoms. The van der Waals surface area contributed by atoms with Crippen molar-refractivity contribution >= 4 is 12.1 Å². The fourth-order valence-corrected chi connectivity index (χ4v) is 0.863. The van der Waals surface area contributed by atoms with Crippen molar-refractivity contribution in [1.29, 1.82) is 0 Å². The van der Waals surface area contributed by atoms with Crippen molar-refractivity contribution in [3.05, 3.63) is 12.2 Å². The van der Waals surface area contributed by atoms with Gasteiger partial charge in [0.15, 0.2) is 0 Å². The number of carbonyl (C=O) groups excluding carboxylic acids is 2. The Hall–Kier alpha value is -1.52. The maximum Gasteiger partial charge on any atom is 0.407 e. The normalized spacial score (nSPS) is 9.38. The van der Waals surface area contributed by atoms with E-state index >= 15 is 0 Å². The number of rotatable bonds is 7. The Morgan fingerprint density at radius 3 is 2.50 bits per heavy atom. The van der Waals surface area contributed by atoms with Crippen LogP contribution in [0.5, 0.6) is 0 Å². The van der Waals surface area contributed by atoms with Crippen LogP contribution < -0.4 is 5.32 Å². The van der Waals surface area contributed by atoms with Gasteiger partial charge in [0.2, 0.25) is 0 Å². The molecule has 0 unspecified atom stereocenters. The Bertz CT molecular complexity index is 250. The highest BCUT2D eigenvalue weighted by atomic mass is 16.6. The summed E-state index contributed by atoms with van der Waals surface area (Å²) in [5, 5.41) is 2.56. The Kier molecular flexibility index (Phi) is 7.93. The lowest BCUT2D eigenvalue weighted by Crippen LogP contribution is -2.26. The van der Waals surface area contributed by atoms with E-state index in [-0.39, 0.29) is 18.8 Å². The number of alkyl carbamates (subject to hydrolysis) is 1. The Morgan fingerprint density at radius 1 is 1.25 bits per heavy atom. The summed E-state index contributed by atoms with van der Waals surface area (Å²) in [5.74, 6) is -0.538. The molecule has 0 saturated heterocycles. The molecule has 0 atom stereocenters. The molecule has 0 aliphatic heterocycles. The van der Waals surface area contributed by atoms with Crippen LogP contribution in [0.2, 0.25) is 0 Å². The second kappa shape index (κ2) is 8.76. The maximum atomic E-state index is 11.1. The molecule has 1 amide bonds. The molecule has 0 aliphatic carbocycles. The zero-order valence-corrected chi connectivity index (χ0v) is 9.88. The molecule has 5 nitrogen and oxygen atoms in total. The average Bonchev–Trinajstić information content (AvgIpc) is 2.26. The summed E-state index contributed by atoms with van der Waals surface area (Å²) in [6.45, 7) is 7.89. The Morgan fingerprint density at radius 2 is 1.94 bits per heavy atom. The molecule has 0 aromatic heterocycles. The van der Waals surface area contributed by atoms with E-state index in [0.29, 0.717) is 6.54 Å². The molecule has 1 N–H and O–H groups in total. The van der Waals surface area contributed by atoms with E-state index in [1.54, 1.807) is 6.92 Å². The molecule has 0 aliphatic rings. The van der Waals surface area contributed by atoms with E-state index in [1.807, 2.05) is 6.92 Å². The van der Waals surface area contributed by atoms with Crippen LogP contribution in [0, 0.1) is 0 Å². The minimum absolute atomic E-state index is 0.132. The van der Waals surface area contributed by atoms with Gasteiger partial charge in [-0.05, 0) is 13.3 Å². The fourth-order valence-electron chi connectivity index (χ4n) is 0.863. The SMILES string of the molecule is C=C(COC(=O)NCCCC)C(=O)OCC. The van der Waals surface area contributed by atoms with E-state index in [0.717, 1.165) is 12.8 Å². The highest BCUT2D eigenvalue weighted by Crippen LogP contribution is 1.96. The lowest BCUT2D eigenvalue weighted by atomic mass is 10.3. The van der Waals surface area contributed by atoms with Crippen LogP contribution in [0.1, 0.15) is 26.7 Å². The highest BCUT2D eigenvalue weighted by Gasteiger charge is 2.10. The number of hydrogen-bond donors (Lipinski definition) is 1. The zero-order valence-electron chi connectivity index (χ0n) is 9.88. The van der Waals surface area contributed by atoms with Crippen LogP contribution in [0.4, 0.5) is 4.79 Å². The number of unbranched alkanes of at least 4 members (excludes halogenated alkanes) is 1. The van der Waals surface area contributed by atoms with Gasteiger partial charge in [0.1, 0.15) is 6.61 Å². The molecular weight excluding hydrogens is 210 g/mol. The average molecular weight is 229 g/mol. The first kappa shape index (κ1) is 14.5. The van der Waals surface area contributed by atoms with E-state index < -0.39 is 12.1 Å². The molecule has 0 bridgehead atoms. The van der Waals surface area contributed by atoms with Gasteiger partial charge in [-0.15, -0.1) is 0 Å². The lowest BCUT2D eigenvalue weighted by molar-refractivity contribution is -0.138. The van der Waals surface area contributed by atoms with Gasteiger partial charge < -0.3 is 14.8 Å². The van der Waals surface area contributed by atoms with Crippen LogP contribution in [-0.4, -0.2) is 31.8 Å². The third-order valence-electron chi connectivity index (χ3n) is 1.74. The number of carbonyl (C=O) groups is 2. The predicted molar refractivity (Wildman–Crippen MR) is 60.0 cm³/mol. The number of nitrogens with one attached hydrogen (secondary N) is 1. The van der Waals surface area contributed by atoms with Gasteiger partial charge in [0.05, 0.1) is 12.2 Å². The van der Waals surface area contributed by atoms with Gasteiger partial charge in [0, 0.05) is 6.54 Å². The second-order valence-corrected chi connectivity index (χ2v) is 3.18. The van der Waals surface area contributed by atoms with Crippen molar-refractivity contribution in [3.8, 4) is 0 Å². The summed E-state index contributed by atoms with van der Waals surface area (Å²) in [6, 6.07) is 0. The van der Waals surface area contributed by atoms with Crippen molar-refractivity contribution < 1.29 is 19.1 Å². The fraction of sp³-hybridized carbons (Fsp3) is 0.636. The van der Waals surface area contributed by atoms with Crippen molar-refractivity contribution in [3.63, 3.8) is 0 Å². The molecule has 0 heterocycles. The maximum absolute atomic E-state index is 11.1. The zero-order chi connectivity index (χ0) is 12.4.